The van der Waals surface area contributed by atoms with E-state index in [0.717, 1.165) is 6.42 Å². The summed E-state index contributed by atoms with van der Waals surface area (Å²) in [6.45, 7) is 2.21. The van der Waals surface area contributed by atoms with Gasteiger partial charge in [-0.15, -0.1) is 0 Å². The number of fused-ring (bicyclic) bond motifs is 3. The Hall–Kier alpha value is -0.123. The predicted octanol–water partition coefficient (Wildman–Crippen LogP) is -0.453. The third kappa shape index (κ3) is 3.54. The van der Waals surface area contributed by atoms with Crippen molar-refractivity contribution in [3.05, 3.63) is 77.4 Å². The van der Waals surface area contributed by atoms with Crippen molar-refractivity contribution < 1.29 is 50.7 Å². The fraction of sp³-hybridized carbons (Fsp3) is 0.158. The van der Waals surface area contributed by atoms with Crippen LogP contribution in [0, 0.1) is 0 Å². The van der Waals surface area contributed by atoms with Gasteiger partial charge in [-0.3, -0.25) is 0 Å². The molecule has 123 valence electrons. The molecule has 0 aromatic heterocycles. The van der Waals surface area contributed by atoms with Gasteiger partial charge >= 0.3 is 0 Å². The average molecular weight is 557 g/mol. The van der Waals surface area contributed by atoms with E-state index in [0.29, 0.717) is 5.54 Å². The Morgan fingerprint density at radius 3 is 2.29 bits per heavy atom. The molecule has 24 heavy (non-hydrogen) atoms. The van der Waals surface area contributed by atoms with Gasteiger partial charge in [-0.05, 0) is 39.8 Å². The van der Waals surface area contributed by atoms with E-state index in [1.54, 1.807) is 0 Å². The molecule has 0 N–H and O–H groups in total. The minimum atomic E-state index is -0.962. The second kappa shape index (κ2) is 9.00. The Balaban J connectivity index is 0.000000960. The second-order valence-electron chi connectivity index (χ2n) is 5.70. The Labute approximate surface area is 181 Å². The Morgan fingerprint density at radius 2 is 1.62 bits per heavy atom. The van der Waals surface area contributed by atoms with Crippen molar-refractivity contribution in [1.29, 1.82) is 0 Å². The summed E-state index contributed by atoms with van der Waals surface area (Å²) in [6, 6.07) is 15.5. The van der Waals surface area contributed by atoms with Gasteiger partial charge in [0.05, 0.1) is 0 Å². The first kappa shape index (κ1) is 21.9. The number of allylic oxidation sites excluding steroid dienone is 4. The molecule has 0 spiro atoms. The fourth-order valence-electron chi connectivity index (χ4n) is 3.60. The Bertz CT molecular complexity index is 784. The maximum atomic E-state index is 6.68. The molecule has 5 heteroatoms. The molecule has 1 radical (unpaired) electrons. The van der Waals surface area contributed by atoms with Gasteiger partial charge in [-0.2, -0.15) is 11.1 Å². The van der Waals surface area contributed by atoms with E-state index in [1.165, 1.54) is 33.4 Å². The van der Waals surface area contributed by atoms with Crippen LogP contribution in [0.5, 0.6) is 0 Å². The second-order valence-corrected chi connectivity index (χ2v) is 9.24. The first-order valence-electron chi connectivity index (χ1n) is 7.34. The van der Waals surface area contributed by atoms with Gasteiger partial charge < -0.3 is 24.8 Å². The van der Waals surface area contributed by atoms with Crippen molar-refractivity contribution in [1.82, 2.24) is 0 Å². The third-order valence-electron chi connectivity index (χ3n) is 4.47. The predicted molar refractivity (Wildman–Crippen MR) is 92.9 cm³/mol. The molecule has 1 atom stereocenters. The number of benzene rings is 2. The Kier molecular flexibility index (Phi) is 8.22. The van der Waals surface area contributed by atoms with Gasteiger partial charge in [0.25, 0.3) is 0 Å². The van der Waals surface area contributed by atoms with Crippen molar-refractivity contribution in [2.45, 2.75) is 18.5 Å². The van der Waals surface area contributed by atoms with Crippen LogP contribution in [0.4, 0.5) is 0 Å². The average Bonchev–Trinajstić information content (AvgIpc) is 3.12. The van der Waals surface area contributed by atoms with Gasteiger partial charge in [0.2, 0.25) is 0 Å². The van der Waals surface area contributed by atoms with Gasteiger partial charge in [-0.1, -0.05) is 67.2 Å². The van der Waals surface area contributed by atoms with E-state index in [1.807, 2.05) is 0 Å². The third-order valence-corrected chi connectivity index (χ3v) is 6.52. The minimum absolute atomic E-state index is 0. The van der Waals surface area contributed by atoms with E-state index in [4.69, 9.17) is 11.1 Å². The quantitative estimate of drug-likeness (QED) is 0.347. The van der Waals surface area contributed by atoms with Crippen LogP contribution < -0.4 is 24.8 Å². The molecule has 0 fully saturated rings. The van der Waals surface area contributed by atoms with Gasteiger partial charge in [0.1, 0.15) is 0 Å². The maximum Gasteiger partial charge on any atom is 0.174 e. The van der Waals surface area contributed by atoms with E-state index >= 15 is 0 Å². The molecule has 2 aromatic rings. The first-order valence-corrected chi connectivity index (χ1v) is 10.4. The number of hydrogen-bond donors (Lipinski definition) is 0. The van der Waals surface area contributed by atoms with E-state index in [-0.39, 0.29) is 50.7 Å². The first-order chi connectivity index (χ1) is 10.3. The summed E-state index contributed by atoms with van der Waals surface area (Å²) in [6.07, 6.45) is 7.66. The molecule has 0 saturated carbocycles. The van der Waals surface area contributed by atoms with Crippen LogP contribution in [0.25, 0.3) is 16.7 Å². The van der Waals surface area contributed by atoms with Gasteiger partial charge in [0.15, 0.2) is 8.11 Å². The molecule has 2 aliphatic carbocycles. The van der Waals surface area contributed by atoms with E-state index < -0.39 is 8.11 Å². The summed E-state index contributed by atoms with van der Waals surface area (Å²) in [5.41, 5.74) is 8.83. The summed E-state index contributed by atoms with van der Waals surface area (Å²) in [7, 11) is -0.962. The zero-order valence-electron chi connectivity index (χ0n) is 13.2. The number of hydrogen-bond acceptors (Lipinski definition) is 0. The molecule has 2 aromatic carbocycles. The van der Waals surface area contributed by atoms with E-state index in [2.05, 4.69) is 67.2 Å². The van der Waals surface area contributed by atoms with Crippen LogP contribution >= 0.6 is 11.1 Å². The fourth-order valence-corrected chi connectivity index (χ4v) is 5.67. The molecular weight excluding hydrogens is 541 g/mol. The molecule has 0 aliphatic heterocycles. The van der Waals surface area contributed by atoms with Crippen LogP contribution in [0.3, 0.4) is 0 Å². The van der Waals surface area contributed by atoms with Crippen LogP contribution in [0.2, 0.25) is 6.55 Å². The summed E-state index contributed by atoms with van der Waals surface area (Å²) in [5.74, 6) is 0. The Morgan fingerprint density at radius 1 is 0.958 bits per heavy atom. The zero-order chi connectivity index (χ0) is 14.4. The van der Waals surface area contributed by atoms with Crippen molar-refractivity contribution >= 4 is 24.8 Å². The minimum Gasteiger partial charge on any atom is -1.00 e. The maximum absolute atomic E-state index is 6.68. The number of rotatable bonds is 2. The van der Waals surface area contributed by atoms with E-state index in [9.17, 15) is 0 Å². The molecule has 0 saturated heterocycles. The van der Waals surface area contributed by atoms with Crippen LogP contribution in [0.1, 0.15) is 28.7 Å². The van der Waals surface area contributed by atoms with Crippen molar-refractivity contribution in [3.8, 4) is 11.1 Å². The van der Waals surface area contributed by atoms with Gasteiger partial charge in [0, 0.05) is 31.4 Å². The summed E-state index contributed by atoms with van der Waals surface area (Å²) >= 11 is 6.68. The largest absolute Gasteiger partial charge is 1.00 e. The molecule has 4 rings (SSSR count). The van der Waals surface area contributed by atoms with Crippen molar-refractivity contribution in [2.75, 3.05) is 0 Å². The molecule has 2 aliphatic rings. The molecule has 0 nitrogen and oxygen atoms in total. The zero-order valence-corrected chi connectivity index (χ0v) is 20.1. The van der Waals surface area contributed by atoms with Crippen LogP contribution in [-0.4, -0.2) is 8.11 Å². The summed E-state index contributed by atoms with van der Waals surface area (Å²) < 4.78 is 0. The van der Waals surface area contributed by atoms with Gasteiger partial charge in [-0.25, -0.2) is 0 Å². The standard InChI is InChI=1S/C19H16ClSi.2ClH.Hf/c1-21(20)19-17-10-5-4-9-15(17)16-12-6-11-14(18(16)19)13-7-2-3-8-13;;;/h2-7,9-12,19H,8H2,1H3;2*1H;/p-2. The molecule has 0 bridgehead atoms. The normalized spacial score (nSPS) is 16.5. The number of halogens is 3. The van der Waals surface area contributed by atoms with Crippen LogP contribution in [0.15, 0.2) is 60.7 Å². The molecular formula is C19H16Cl3HfSi-2. The van der Waals surface area contributed by atoms with Crippen molar-refractivity contribution in [2.24, 2.45) is 0 Å². The topological polar surface area (TPSA) is 0 Å². The summed E-state index contributed by atoms with van der Waals surface area (Å²) in [4.78, 5) is 0. The summed E-state index contributed by atoms with van der Waals surface area (Å²) in [5, 5.41) is 0. The van der Waals surface area contributed by atoms with Crippen molar-refractivity contribution in [3.63, 3.8) is 0 Å². The molecule has 0 heterocycles. The SMILES string of the molecule is C[Si](Cl)C1c2ccccc2-c2cccc(C3=CC=CC3)c21.[Cl-].[Cl-].[Hf]. The molecule has 1 unspecified atom stereocenters. The monoisotopic (exact) mass is 557 g/mol. The molecule has 0 amide bonds. The smallest absolute Gasteiger partial charge is 0.174 e. The van der Waals surface area contributed by atoms with Crippen LogP contribution in [-0.2, 0) is 25.8 Å².